The van der Waals surface area contributed by atoms with Crippen LogP contribution in [0.4, 0.5) is 5.69 Å². The molecule has 1 aromatic rings. The van der Waals surface area contributed by atoms with Crippen molar-refractivity contribution >= 4 is 23.0 Å². The maximum atomic E-state index is 9.65. The molecule has 0 saturated heterocycles. The lowest BCUT2D eigenvalue weighted by Gasteiger charge is -2.11. The Bertz CT molecular complexity index is 415. The van der Waals surface area contributed by atoms with Crippen molar-refractivity contribution in [2.75, 3.05) is 11.9 Å². The summed E-state index contributed by atoms with van der Waals surface area (Å²) in [4.78, 5) is 0. The minimum absolute atomic E-state index is 0.194. The molecule has 1 rings (SSSR count). The van der Waals surface area contributed by atoms with Crippen molar-refractivity contribution in [2.24, 2.45) is 0 Å². The van der Waals surface area contributed by atoms with E-state index in [4.69, 9.17) is 12.2 Å². The van der Waals surface area contributed by atoms with E-state index in [9.17, 15) is 5.11 Å². The molecule has 0 amide bonds. The number of aryl methyl sites for hydroxylation is 1. The first kappa shape index (κ1) is 12.5. The van der Waals surface area contributed by atoms with Gasteiger partial charge < -0.3 is 15.7 Å². The van der Waals surface area contributed by atoms with E-state index in [1.807, 2.05) is 19.9 Å². The SMILES string of the molecule is C=C(C)CNC(=S)Nc1ccc(C)cc1O. The maximum absolute atomic E-state index is 9.65. The van der Waals surface area contributed by atoms with Gasteiger partial charge in [-0.1, -0.05) is 18.2 Å². The van der Waals surface area contributed by atoms with E-state index in [2.05, 4.69) is 17.2 Å². The van der Waals surface area contributed by atoms with E-state index >= 15 is 0 Å². The molecule has 0 unspecified atom stereocenters. The van der Waals surface area contributed by atoms with Crippen LogP contribution < -0.4 is 10.6 Å². The van der Waals surface area contributed by atoms with Crippen molar-refractivity contribution in [3.05, 3.63) is 35.9 Å². The number of hydrogen-bond donors (Lipinski definition) is 3. The van der Waals surface area contributed by atoms with Crippen molar-refractivity contribution in [3.63, 3.8) is 0 Å². The first-order chi connectivity index (χ1) is 7.49. The first-order valence-corrected chi connectivity index (χ1v) is 5.38. The van der Waals surface area contributed by atoms with Crippen LogP contribution in [0, 0.1) is 6.92 Å². The minimum Gasteiger partial charge on any atom is -0.506 e. The Morgan fingerprint density at radius 1 is 1.50 bits per heavy atom. The molecular formula is C12H16N2OS. The van der Waals surface area contributed by atoms with E-state index in [1.54, 1.807) is 12.1 Å². The Morgan fingerprint density at radius 3 is 2.75 bits per heavy atom. The summed E-state index contributed by atoms with van der Waals surface area (Å²) >= 11 is 5.07. The summed E-state index contributed by atoms with van der Waals surface area (Å²) in [7, 11) is 0. The summed E-state index contributed by atoms with van der Waals surface area (Å²) in [6.45, 7) is 8.22. The number of thiocarbonyl (C=S) groups is 1. The lowest BCUT2D eigenvalue weighted by molar-refractivity contribution is 0.477. The molecule has 0 fully saturated rings. The Hall–Kier alpha value is -1.55. The molecule has 3 N–H and O–H groups in total. The molecule has 0 aromatic heterocycles. The van der Waals surface area contributed by atoms with Gasteiger partial charge in [-0.2, -0.15) is 0 Å². The number of anilines is 1. The van der Waals surface area contributed by atoms with Gasteiger partial charge in [-0.15, -0.1) is 0 Å². The predicted molar refractivity (Wildman–Crippen MR) is 71.9 cm³/mol. The zero-order valence-corrected chi connectivity index (χ0v) is 10.3. The number of nitrogens with one attached hydrogen (secondary N) is 2. The van der Waals surface area contributed by atoms with E-state index in [-0.39, 0.29) is 5.75 Å². The highest BCUT2D eigenvalue weighted by molar-refractivity contribution is 7.80. The summed E-state index contributed by atoms with van der Waals surface area (Å²) in [5, 5.41) is 16.0. The number of hydrogen-bond acceptors (Lipinski definition) is 2. The summed E-state index contributed by atoms with van der Waals surface area (Å²) in [6, 6.07) is 5.38. The number of aromatic hydroxyl groups is 1. The fraction of sp³-hybridized carbons (Fsp3) is 0.250. The van der Waals surface area contributed by atoms with Crippen LogP contribution in [0.3, 0.4) is 0 Å². The second-order valence-electron chi connectivity index (χ2n) is 3.79. The molecule has 0 aliphatic carbocycles. The number of phenols is 1. The highest BCUT2D eigenvalue weighted by atomic mass is 32.1. The number of benzene rings is 1. The first-order valence-electron chi connectivity index (χ1n) is 4.98. The monoisotopic (exact) mass is 236 g/mol. The number of phenolic OH excluding ortho intramolecular Hbond substituents is 1. The highest BCUT2D eigenvalue weighted by Gasteiger charge is 2.02. The van der Waals surface area contributed by atoms with Gasteiger partial charge in [0.05, 0.1) is 5.69 Å². The van der Waals surface area contributed by atoms with Crippen molar-refractivity contribution in [1.29, 1.82) is 0 Å². The molecule has 86 valence electrons. The molecule has 0 spiro atoms. The number of rotatable bonds is 3. The Kier molecular flexibility index (Phi) is 4.31. The molecule has 0 aliphatic heterocycles. The van der Waals surface area contributed by atoms with Crippen LogP contribution in [0.2, 0.25) is 0 Å². The van der Waals surface area contributed by atoms with Crippen LogP contribution in [0.1, 0.15) is 12.5 Å². The van der Waals surface area contributed by atoms with E-state index in [0.29, 0.717) is 17.3 Å². The van der Waals surface area contributed by atoms with Gasteiger partial charge in [0.2, 0.25) is 0 Å². The summed E-state index contributed by atoms with van der Waals surface area (Å²) in [6.07, 6.45) is 0. The van der Waals surface area contributed by atoms with E-state index < -0.39 is 0 Å². The van der Waals surface area contributed by atoms with Crippen LogP contribution in [0.25, 0.3) is 0 Å². The molecule has 1 aromatic carbocycles. The van der Waals surface area contributed by atoms with Crippen molar-refractivity contribution in [1.82, 2.24) is 5.32 Å². The molecule has 0 atom stereocenters. The second-order valence-corrected chi connectivity index (χ2v) is 4.19. The van der Waals surface area contributed by atoms with Crippen LogP contribution in [-0.4, -0.2) is 16.8 Å². The Morgan fingerprint density at radius 2 is 2.19 bits per heavy atom. The Labute approximate surface area is 101 Å². The smallest absolute Gasteiger partial charge is 0.171 e. The largest absolute Gasteiger partial charge is 0.506 e. The van der Waals surface area contributed by atoms with Crippen LogP contribution in [-0.2, 0) is 0 Å². The normalized spacial score (nSPS) is 9.62. The summed E-state index contributed by atoms with van der Waals surface area (Å²) < 4.78 is 0. The van der Waals surface area contributed by atoms with Gasteiger partial charge in [-0.25, -0.2) is 0 Å². The molecule has 0 radical (unpaired) electrons. The summed E-state index contributed by atoms with van der Waals surface area (Å²) in [5.74, 6) is 0.194. The lowest BCUT2D eigenvalue weighted by atomic mass is 10.2. The van der Waals surface area contributed by atoms with Crippen molar-refractivity contribution < 1.29 is 5.11 Å². The van der Waals surface area contributed by atoms with Crippen molar-refractivity contribution in [3.8, 4) is 5.75 Å². The predicted octanol–water partition coefficient (Wildman–Crippen LogP) is 2.56. The molecule has 4 heteroatoms. The average molecular weight is 236 g/mol. The van der Waals surface area contributed by atoms with Crippen LogP contribution >= 0.6 is 12.2 Å². The third kappa shape index (κ3) is 3.90. The standard InChI is InChI=1S/C12H16N2OS/c1-8(2)7-13-12(16)14-10-5-4-9(3)6-11(10)15/h4-6,15H,1,7H2,2-3H3,(H2,13,14,16). The second kappa shape index (κ2) is 5.51. The average Bonchev–Trinajstić information content (AvgIpc) is 2.19. The third-order valence-corrected chi connectivity index (χ3v) is 2.20. The molecule has 3 nitrogen and oxygen atoms in total. The maximum Gasteiger partial charge on any atom is 0.171 e. The zero-order chi connectivity index (χ0) is 12.1. The Balaban J connectivity index is 2.59. The van der Waals surface area contributed by atoms with Gasteiger partial charge in [0.25, 0.3) is 0 Å². The topological polar surface area (TPSA) is 44.3 Å². The molecule has 0 aliphatic rings. The van der Waals surface area contributed by atoms with Gasteiger partial charge in [-0.3, -0.25) is 0 Å². The molecule has 0 bridgehead atoms. The molecular weight excluding hydrogens is 220 g/mol. The minimum atomic E-state index is 0.194. The van der Waals surface area contributed by atoms with E-state index in [0.717, 1.165) is 11.1 Å². The van der Waals surface area contributed by atoms with Gasteiger partial charge >= 0.3 is 0 Å². The van der Waals surface area contributed by atoms with Crippen LogP contribution in [0.5, 0.6) is 5.75 Å². The van der Waals surface area contributed by atoms with Gasteiger partial charge in [0.1, 0.15) is 5.75 Å². The van der Waals surface area contributed by atoms with Crippen molar-refractivity contribution in [2.45, 2.75) is 13.8 Å². The van der Waals surface area contributed by atoms with E-state index in [1.165, 1.54) is 0 Å². The van der Waals surface area contributed by atoms with Crippen LogP contribution in [0.15, 0.2) is 30.4 Å². The zero-order valence-electron chi connectivity index (χ0n) is 9.50. The third-order valence-electron chi connectivity index (χ3n) is 1.95. The molecule has 0 heterocycles. The van der Waals surface area contributed by atoms with Gasteiger partial charge in [0.15, 0.2) is 5.11 Å². The van der Waals surface area contributed by atoms with Gasteiger partial charge in [0, 0.05) is 6.54 Å². The summed E-state index contributed by atoms with van der Waals surface area (Å²) in [5.41, 5.74) is 2.60. The fourth-order valence-electron chi connectivity index (χ4n) is 1.15. The molecule has 0 saturated carbocycles. The highest BCUT2D eigenvalue weighted by Crippen LogP contribution is 2.23. The van der Waals surface area contributed by atoms with Gasteiger partial charge in [-0.05, 0) is 43.8 Å². The fourth-order valence-corrected chi connectivity index (χ4v) is 1.33. The quantitative estimate of drug-likeness (QED) is 0.429. The lowest BCUT2D eigenvalue weighted by Crippen LogP contribution is -2.29. The molecule has 16 heavy (non-hydrogen) atoms.